The first-order chi connectivity index (χ1) is 9.20. The summed E-state index contributed by atoms with van der Waals surface area (Å²) < 4.78 is 0. The van der Waals surface area contributed by atoms with Crippen molar-refractivity contribution in [2.24, 2.45) is 0 Å². The van der Waals surface area contributed by atoms with Crippen molar-refractivity contribution in [2.45, 2.75) is 13.3 Å². The minimum absolute atomic E-state index is 0.186. The maximum Gasteiger partial charge on any atom is 0.225 e. The number of aryl methyl sites for hydroxylation is 1. The molecule has 0 radical (unpaired) electrons. The highest BCUT2D eigenvalue weighted by Gasteiger charge is 2.05. The van der Waals surface area contributed by atoms with Gasteiger partial charge in [-0.3, -0.25) is 0 Å². The van der Waals surface area contributed by atoms with Gasteiger partial charge in [0.15, 0.2) is 0 Å². The molecular formula is C15H19N3O. The average Bonchev–Trinajstić information content (AvgIpc) is 2.45. The standard InChI is InChI=1S/C15H19N3O/c1-12-5-3-6-13(9-12)14-10-16-15(17-11-14)18(2)7-4-8-19/h3,5-6,9-11,19H,4,7-8H2,1-2H3. The Morgan fingerprint density at radius 2 is 1.89 bits per heavy atom. The first kappa shape index (κ1) is 13.5. The minimum Gasteiger partial charge on any atom is -0.396 e. The molecule has 4 heteroatoms. The quantitative estimate of drug-likeness (QED) is 0.892. The maximum atomic E-state index is 8.81. The lowest BCUT2D eigenvalue weighted by atomic mass is 10.1. The molecular weight excluding hydrogens is 238 g/mol. The van der Waals surface area contributed by atoms with E-state index in [0.29, 0.717) is 5.95 Å². The number of hydrogen-bond acceptors (Lipinski definition) is 4. The van der Waals surface area contributed by atoms with Gasteiger partial charge in [0, 0.05) is 38.2 Å². The van der Waals surface area contributed by atoms with Crippen LogP contribution in [0.3, 0.4) is 0 Å². The largest absolute Gasteiger partial charge is 0.396 e. The van der Waals surface area contributed by atoms with Crippen LogP contribution in [0.5, 0.6) is 0 Å². The first-order valence-corrected chi connectivity index (χ1v) is 6.42. The Kier molecular flexibility index (Phi) is 4.47. The fourth-order valence-electron chi connectivity index (χ4n) is 1.90. The normalized spacial score (nSPS) is 10.5. The van der Waals surface area contributed by atoms with Gasteiger partial charge in [0.1, 0.15) is 0 Å². The number of rotatable bonds is 5. The maximum absolute atomic E-state index is 8.81. The summed E-state index contributed by atoms with van der Waals surface area (Å²) >= 11 is 0. The molecule has 0 saturated heterocycles. The molecule has 1 N–H and O–H groups in total. The summed E-state index contributed by atoms with van der Waals surface area (Å²) in [5, 5.41) is 8.81. The van der Waals surface area contributed by atoms with Gasteiger partial charge < -0.3 is 10.0 Å². The van der Waals surface area contributed by atoms with E-state index in [1.807, 2.05) is 30.4 Å². The molecule has 19 heavy (non-hydrogen) atoms. The molecule has 0 fully saturated rings. The predicted molar refractivity (Wildman–Crippen MR) is 77.2 cm³/mol. The SMILES string of the molecule is Cc1cccc(-c2cnc(N(C)CCCO)nc2)c1. The zero-order valence-corrected chi connectivity index (χ0v) is 11.4. The van der Waals surface area contributed by atoms with Gasteiger partial charge in [0.05, 0.1) is 0 Å². The Bertz CT molecular complexity index is 525. The highest BCUT2D eigenvalue weighted by molar-refractivity contribution is 5.62. The Hall–Kier alpha value is -1.94. The molecule has 0 aliphatic carbocycles. The number of aliphatic hydroxyl groups is 1. The van der Waals surface area contributed by atoms with E-state index < -0.39 is 0 Å². The molecule has 0 atom stereocenters. The lowest BCUT2D eigenvalue weighted by molar-refractivity contribution is 0.290. The summed E-state index contributed by atoms with van der Waals surface area (Å²) in [6.45, 7) is 3.01. The molecule has 0 spiro atoms. The van der Waals surface area contributed by atoms with Gasteiger partial charge >= 0.3 is 0 Å². The second-order valence-electron chi connectivity index (χ2n) is 4.64. The molecule has 0 aliphatic heterocycles. The second kappa shape index (κ2) is 6.29. The highest BCUT2D eigenvalue weighted by Crippen LogP contribution is 2.19. The molecule has 1 heterocycles. The molecule has 0 aliphatic rings. The number of aliphatic hydroxyl groups excluding tert-OH is 1. The summed E-state index contributed by atoms with van der Waals surface area (Å²) in [6.07, 6.45) is 4.40. The van der Waals surface area contributed by atoms with Crippen LogP contribution in [0.25, 0.3) is 11.1 Å². The second-order valence-corrected chi connectivity index (χ2v) is 4.64. The number of aromatic nitrogens is 2. The molecule has 1 aromatic heterocycles. The molecule has 100 valence electrons. The fourth-order valence-corrected chi connectivity index (χ4v) is 1.90. The minimum atomic E-state index is 0.186. The van der Waals surface area contributed by atoms with Crippen molar-refractivity contribution in [1.29, 1.82) is 0 Å². The molecule has 4 nitrogen and oxygen atoms in total. The topological polar surface area (TPSA) is 49.2 Å². The Morgan fingerprint density at radius 3 is 2.53 bits per heavy atom. The molecule has 0 amide bonds. The van der Waals surface area contributed by atoms with Crippen LogP contribution in [-0.2, 0) is 0 Å². The van der Waals surface area contributed by atoms with Gasteiger partial charge in [-0.05, 0) is 18.9 Å². The lowest BCUT2D eigenvalue weighted by Crippen LogP contribution is -2.21. The van der Waals surface area contributed by atoms with E-state index in [-0.39, 0.29) is 6.61 Å². The van der Waals surface area contributed by atoms with Crippen LogP contribution in [0.15, 0.2) is 36.7 Å². The van der Waals surface area contributed by atoms with Crippen molar-refractivity contribution in [3.8, 4) is 11.1 Å². The van der Waals surface area contributed by atoms with Crippen LogP contribution in [0.2, 0.25) is 0 Å². The summed E-state index contributed by atoms with van der Waals surface area (Å²) in [7, 11) is 1.93. The van der Waals surface area contributed by atoms with Crippen LogP contribution in [-0.4, -0.2) is 35.3 Å². The van der Waals surface area contributed by atoms with E-state index in [1.54, 1.807) is 0 Å². The van der Waals surface area contributed by atoms with Gasteiger partial charge in [-0.15, -0.1) is 0 Å². The zero-order valence-electron chi connectivity index (χ0n) is 11.4. The van der Waals surface area contributed by atoms with E-state index in [1.165, 1.54) is 5.56 Å². The van der Waals surface area contributed by atoms with Crippen LogP contribution in [0, 0.1) is 6.92 Å². The van der Waals surface area contributed by atoms with E-state index >= 15 is 0 Å². The Labute approximate surface area is 113 Å². The van der Waals surface area contributed by atoms with Crippen molar-refractivity contribution in [1.82, 2.24) is 9.97 Å². The van der Waals surface area contributed by atoms with Gasteiger partial charge in [0.25, 0.3) is 0 Å². The van der Waals surface area contributed by atoms with Crippen molar-refractivity contribution >= 4 is 5.95 Å². The van der Waals surface area contributed by atoms with Crippen molar-refractivity contribution in [3.63, 3.8) is 0 Å². The lowest BCUT2D eigenvalue weighted by Gasteiger charge is -2.16. The summed E-state index contributed by atoms with van der Waals surface area (Å²) in [6, 6.07) is 8.28. The summed E-state index contributed by atoms with van der Waals surface area (Å²) in [5.74, 6) is 0.685. The third-order valence-corrected chi connectivity index (χ3v) is 2.98. The van der Waals surface area contributed by atoms with E-state index in [0.717, 1.165) is 24.1 Å². The third kappa shape index (κ3) is 3.51. The van der Waals surface area contributed by atoms with Crippen molar-refractivity contribution in [2.75, 3.05) is 25.1 Å². The zero-order chi connectivity index (χ0) is 13.7. The smallest absolute Gasteiger partial charge is 0.225 e. The van der Waals surface area contributed by atoms with Crippen LogP contribution in [0.1, 0.15) is 12.0 Å². The van der Waals surface area contributed by atoms with Crippen molar-refractivity contribution < 1.29 is 5.11 Å². The fraction of sp³-hybridized carbons (Fsp3) is 0.333. The van der Waals surface area contributed by atoms with Crippen LogP contribution in [0.4, 0.5) is 5.95 Å². The first-order valence-electron chi connectivity index (χ1n) is 6.42. The molecule has 2 aromatic rings. The van der Waals surface area contributed by atoms with E-state index in [2.05, 4.69) is 35.1 Å². The van der Waals surface area contributed by atoms with Gasteiger partial charge in [-0.2, -0.15) is 0 Å². The van der Waals surface area contributed by atoms with Crippen LogP contribution >= 0.6 is 0 Å². The molecule has 0 saturated carbocycles. The number of hydrogen-bond donors (Lipinski definition) is 1. The molecule has 0 bridgehead atoms. The number of benzene rings is 1. The van der Waals surface area contributed by atoms with Gasteiger partial charge in [0.2, 0.25) is 5.95 Å². The average molecular weight is 257 g/mol. The third-order valence-electron chi connectivity index (χ3n) is 2.98. The molecule has 1 aromatic carbocycles. The highest BCUT2D eigenvalue weighted by atomic mass is 16.3. The molecule has 0 unspecified atom stereocenters. The van der Waals surface area contributed by atoms with Gasteiger partial charge in [-0.1, -0.05) is 29.8 Å². The van der Waals surface area contributed by atoms with Crippen LogP contribution < -0.4 is 4.90 Å². The Morgan fingerprint density at radius 1 is 1.16 bits per heavy atom. The Balaban J connectivity index is 2.14. The van der Waals surface area contributed by atoms with Gasteiger partial charge in [-0.25, -0.2) is 9.97 Å². The monoisotopic (exact) mass is 257 g/mol. The predicted octanol–water partition coefficient (Wildman–Crippen LogP) is 2.27. The molecule has 2 rings (SSSR count). The number of anilines is 1. The summed E-state index contributed by atoms with van der Waals surface area (Å²) in [5.41, 5.74) is 3.37. The number of nitrogens with zero attached hydrogens (tertiary/aromatic N) is 3. The van der Waals surface area contributed by atoms with Crippen molar-refractivity contribution in [3.05, 3.63) is 42.2 Å². The van der Waals surface area contributed by atoms with E-state index in [4.69, 9.17) is 5.11 Å². The van der Waals surface area contributed by atoms with E-state index in [9.17, 15) is 0 Å². The summed E-state index contributed by atoms with van der Waals surface area (Å²) in [4.78, 5) is 10.7.